The second-order valence-electron chi connectivity index (χ2n) is 8.13. The van der Waals surface area contributed by atoms with Crippen molar-refractivity contribution in [1.82, 2.24) is 10.6 Å². The third-order valence-electron chi connectivity index (χ3n) is 4.43. The molecule has 0 spiro atoms. The second kappa shape index (κ2) is 8.20. The first kappa shape index (κ1) is 21.1. The molecular formula is C20H27ClN4O2. The molecule has 1 aliphatic rings. The van der Waals surface area contributed by atoms with Crippen molar-refractivity contribution in [3.63, 3.8) is 0 Å². The molecule has 1 amide bonds. The molecule has 2 rings (SSSR count). The Kier molecular flexibility index (Phi) is 6.40. The van der Waals surface area contributed by atoms with E-state index < -0.39 is 5.91 Å². The first-order chi connectivity index (χ1) is 12.5. The van der Waals surface area contributed by atoms with Crippen molar-refractivity contribution in [2.45, 2.75) is 57.7 Å². The summed E-state index contributed by atoms with van der Waals surface area (Å²) in [5.74, 6) is -0.0436. The standard InChI is InChI=1S/C20H27ClN4O2/c1-19(2)9-15(10-20(3,4)25-19)23-12-13(11-22)18(26)24-16-8-14(21)6-7-17(16)27-5/h6-8,12,15,23,25H,9-10H2,1-5H3,(H,24,26)/b13-12-. The van der Waals surface area contributed by atoms with Gasteiger partial charge in [0.25, 0.3) is 5.91 Å². The van der Waals surface area contributed by atoms with Crippen molar-refractivity contribution in [3.05, 3.63) is 35.0 Å². The summed E-state index contributed by atoms with van der Waals surface area (Å²) in [6, 6.07) is 7.02. The van der Waals surface area contributed by atoms with Crippen LogP contribution in [-0.4, -0.2) is 30.1 Å². The molecule has 0 aliphatic carbocycles. The van der Waals surface area contributed by atoms with Gasteiger partial charge in [0.05, 0.1) is 12.8 Å². The number of nitrogens with zero attached hydrogens (tertiary/aromatic N) is 1. The molecule has 6 nitrogen and oxygen atoms in total. The number of nitrogens with one attached hydrogen (secondary N) is 3. The van der Waals surface area contributed by atoms with Crippen LogP contribution in [0.25, 0.3) is 0 Å². The van der Waals surface area contributed by atoms with Crippen LogP contribution in [0.15, 0.2) is 30.0 Å². The minimum Gasteiger partial charge on any atom is -0.495 e. The average Bonchev–Trinajstić information content (AvgIpc) is 2.52. The smallest absolute Gasteiger partial charge is 0.267 e. The Morgan fingerprint density at radius 3 is 2.52 bits per heavy atom. The van der Waals surface area contributed by atoms with E-state index in [-0.39, 0.29) is 22.7 Å². The topological polar surface area (TPSA) is 86.2 Å². The van der Waals surface area contributed by atoms with Crippen LogP contribution in [0.2, 0.25) is 5.02 Å². The van der Waals surface area contributed by atoms with Crippen LogP contribution < -0.4 is 20.7 Å². The number of amides is 1. The van der Waals surface area contributed by atoms with Gasteiger partial charge in [-0.2, -0.15) is 5.26 Å². The third-order valence-corrected chi connectivity index (χ3v) is 4.66. The highest BCUT2D eigenvalue weighted by molar-refractivity contribution is 6.31. The molecule has 3 N–H and O–H groups in total. The fourth-order valence-electron chi connectivity index (χ4n) is 3.76. The number of anilines is 1. The highest BCUT2D eigenvalue weighted by Crippen LogP contribution is 2.29. The lowest BCUT2D eigenvalue weighted by molar-refractivity contribution is -0.112. The molecule has 1 aromatic carbocycles. The number of halogens is 1. The summed E-state index contributed by atoms with van der Waals surface area (Å²) in [6.45, 7) is 8.59. The quantitative estimate of drug-likeness (QED) is 0.528. The molecular weight excluding hydrogens is 364 g/mol. The van der Waals surface area contributed by atoms with E-state index in [9.17, 15) is 10.1 Å². The van der Waals surface area contributed by atoms with Gasteiger partial charge >= 0.3 is 0 Å². The Hall–Kier alpha value is -2.23. The Balaban J connectivity index is 2.11. The molecule has 1 fully saturated rings. The summed E-state index contributed by atoms with van der Waals surface area (Å²) >= 11 is 5.98. The summed E-state index contributed by atoms with van der Waals surface area (Å²) in [5.41, 5.74) is 0.346. The number of methoxy groups -OCH3 is 1. The van der Waals surface area contributed by atoms with E-state index in [1.807, 2.05) is 6.07 Å². The van der Waals surface area contributed by atoms with Gasteiger partial charge in [0.1, 0.15) is 17.4 Å². The fourth-order valence-corrected chi connectivity index (χ4v) is 3.93. The number of carbonyl (C=O) groups excluding carboxylic acids is 1. The number of hydrogen-bond acceptors (Lipinski definition) is 5. The number of hydrogen-bond donors (Lipinski definition) is 3. The molecule has 0 saturated carbocycles. The zero-order valence-electron chi connectivity index (χ0n) is 16.4. The predicted molar refractivity (Wildman–Crippen MR) is 108 cm³/mol. The summed E-state index contributed by atoms with van der Waals surface area (Å²) in [5, 5.41) is 19.4. The number of benzene rings is 1. The van der Waals surface area contributed by atoms with Crippen molar-refractivity contribution < 1.29 is 9.53 Å². The van der Waals surface area contributed by atoms with E-state index in [1.54, 1.807) is 18.2 Å². The maximum atomic E-state index is 12.5. The number of ether oxygens (including phenoxy) is 1. The Morgan fingerprint density at radius 2 is 1.96 bits per heavy atom. The molecule has 1 heterocycles. The largest absolute Gasteiger partial charge is 0.495 e. The normalized spacial score (nSPS) is 19.1. The van der Waals surface area contributed by atoms with Crippen molar-refractivity contribution in [2.24, 2.45) is 0 Å². The van der Waals surface area contributed by atoms with E-state index in [2.05, 4.69) is 43.6 Å². The maximum absolute atomic E-state index is 12.5. The molecule has 0 unspecified atom stereocenters. The van der Waals surface area contributed by atoms with Gasteiger partial charge in [-0.3, -0.25) is 4.79 Å². The van der Waals surface area contributed by atoms with Gasteiger partial charge in [-0.15, -0.1) is 0 Å². The van der Waals surface area contributed by atoms with Gasteiger partial charge < -0.3 is 20.7 Å². The van der Waals surface area contributed by atoms with Crippen LogP contribution in [-0.2, 0) is 4.79 Å². The minimum absolute atomic E-state index is 0.00817. The highest BCUT2D eigenvalue weighted by atomic mass is 35.5. The third kappa shape index (κ3) is 5.88. The number of piperidine rings is 1. The SMILES string of the molecule is COc1ccc(Cl)cc1NC(=O)/C(C#N)=C\NC1CC(C)(C)NC(C)(C)C1. The van der Waals surface area contributed by atoms with E-state index in [0.717, 1.165) is 12.8 Å². The highest BCUT2D eigenvalue weighted by Gasteiger charge is 2.37. The summed E-state index contributed by atoms with van der Waals surface area (Å²) in [4.78, 5) is 12.5. The Labute approximate surface area is 165 Å². The van der Waals surface area contributed by atoms with E-state index in [4.69, 9.17) is 16.3 Å². The molecule has 1 aliphatic heterocycles. The van der Waals surface area contributed by atoms with Gasteiger partial charge in [-0.25, -0.2) is 0 Å². The lowest BCUT2D eigenvalue weighted by atomic mass is 9.80. The Bertz CT molecular complexity index is 765. The predicted octanol–water partition coefficient (Wildman–Crippen LogP) is 3.59. The summed E-state index contributed by atoms with van der Waals surface area (Å²) in [6.07, 6.45) is 3.26. The Morgan fingerprint density at radius 1 is 1.33 bits per heavy atom. The maximum Gasteiger partial charge on any atom is 0.267 e. The van der Waals surface area contributed by atoms with E-state index >= 15 is 0 Å². The van der Waals surface area contributed by atoms with Crippen LogP contribution >= 0.6 is 11.6 Å². The summed E-state index contributed by atoms with van der Waals surface area (Å²) < 4.78 is 5.22. The van der Waals surface area contributed by atoms with E-state index in [1.165, 1.54) is 13.3 Å². The number of rotatable bonds is 5. The minimum atomic E-state index is -0.516. The molecule has 0 bridgehead atoms. The number of carbonyl (C=O) groups is 1. The van der Waals surface area contributed by atoms with Crippen LogP contribution in [0.3, 0.4) is 0 Å². The summed E-state index contributed by atoms with van der Waals surface area (Å²) in [7, 11) is 1.50. The molecule has 0 aromatic heterocycles. The van der Waals surface area contributed by atoms with Gasteiger partial charge in [-0.05, 0) is 58.7 Å². The van der Waals surface area contributed by atoms with Crippen LogP contribution in [0.4, 0.5) is 5.69 Å². The molecule has 0 atom stereocenters. The van der Waals surface area contributed by atoms with Crippen molar-refractivity contribution in [3.8, 4) is 11.8 Å². The van der Waals surface area contributed by atoms with Crippen LogP contribution in [0.1, 0.15) is 40.5 Å². The zero-order valence-corrected chi connectivity index (χ0v) is 17.2. The van der Waals surface area contributed by atoms with Crippen LogP contribution in [0.5, 0.6) is 5.75 Å². The zero-order chi connectivity index (χ0) is 20.2. The van der Waals surface area contributed by atoms with Gasteiger partial charge in [-0.1, -0.05) is 11.6 Å². The molecule has 1 aromatic rings. The van der Waals surface area contributed by atoms with Crippen LogP contribution in [0, 0.1) is 11.3 Å². The molecule has 0 radical (unpaired) electrons. The first-order valence-corrected chi connectivity index (χ1v) is 9.23. The average molecular weight is 391 g/mol. The molecule has 27 heavy (non-hydrogen) atoms. The molecule has 146 valence electrons. The molecule has 1 saturated heterocycles. The van der Waals surface area contributed by atoms with Crippen molar-refractivity contribution in [1.29, 1.82) is 5.26 Å². The van der Waals surface area contributed by atoms with Crippen molar-refractivity contribution in [2.75, 3.05) is 12.4 Å². The van der Waals surface area contributed by atoms with Gasteiger partial charge in [0.15, 0.2) is 0 Å². The van der Waals surface area contributed by atoms with Crippen molar-refractivity contribution >= 4 is 23.2 Å². The first-order valence-electron chi connectivity index (χ1n) is 8.86. The monoisotopic (exact) mass is 390 g/mol. The lowest BCUT2D eigenvalue weighted by Gasteiger charge is -2.46. The van der Waals surface area contributed by atoms with E-state index in [0.29, 0.717) is 16.5 Å². The fraction of sp³-hybridized carbons (Fsp3) is 0.500. The molecule has 7 heteroatoms. The lowest BCUT2D eigenvalue weighted by Crippen LogP contribution is -2.61. The second-order valence-corrected chi connectivity index (χ2v) is 8.57. The van der Waals surface area contributed by atoms with Gasteiger partial charge in [0.2, 0.25) is 0 Å². The number of nitriles is 1. The van der Waals surface area contributed by atoms with Gasteiger partial charge in [0, 0.05) is 28.3 Å².